The van der Waals surface area contributed by atoms with Gasteiger partial charge in [0.2, 0.25) is 0 Å². The fourth-order valence-corrected chi connectivity index (χ4v) is 2.14. The van der Waals surface area contributed by atoms with Crippen LogP contribution in [0.2, 0.25) is 0 Å². The summed E-state index contributed by atoms with van der Waals surface area (Å²) in [5.41, 5.74) is 3.34. The predicted molar refractivity (Wildman–Crippen MR) is 93.2 cm³/mol. The highest BCUT2D eigenvalue weighted by Gasteiger charge is 2.15. The molecule has 1 aliphatic rings. The number of amides is 1. The van der Waals surface area contributed by atoms with Gasteiger partial charge in [-0.3, -0.25) is 10.2 Å². The van der Waals surface area contributed by atoms with Gasteiger partial charge in [0, 0.05) is 18.1 Å². The highest BCUT2D eigenvalue weighted by molar-refractivity contribution is 6.45. The molecule has 0 spiro atoms. The third-order valence-electron chi connectivity index (χ3n) is 2.98. The molecule has 1 fully saturated rings. The standard InChI is InChI=1S/C15H20Cl2N4O/c1-4-14(15(22)20-21-8-6-5-7-9-21)19-18-12(3)13(17)10-11(2)16/h4,10H,1-2,5-9H2,3H3,(H,20,22)/b13-10+,18-12+,19-14-. The first-order valence-electron chi connectivity index (χ1n) is 6.96. The molecule has 0 atom stereocenters. The highest BCUT2D eigenvalue weighted by atomic mass is 35.5. The fraction of sp³-hybridized carbons (Fsp3) is 0.400. The smallest absolute Gasteiger partial charge is 0.283 e. The van der Waals surface area contributed by atoms with E-state index in [9.17, 15) is 4.79 Å². The lowest BCUT2D eigenvalue weighted by Crippen LogP contribution is -2.47. The van der Waals surface area contributed by atoms with Crippen molar-refractivity contribution in [3.8, 4) is 0 Å². The largest absolute Gasteiger partial charge is 0.286 e. The summed E-state index contributed by atoms with van der Waals surface area (Å²) >= 11 is 11.6. The van der Waals surface area contributed by atoms with E-state index >= 15 is 0 Å². The zero-order valence-electron chi connectivity index (χ0n) is 12.6. The predicted octanol–water partition coefficient (Wildman–Crippen LogP) is 3.38. The summed E-state index contributed by atoms with van der Waals surface area (Å²) in [7, 11) is 0. The summed E-state index contributed by atoms with van der Waals surface area (Å²) in [6.45, 7) is 10.4. The lowest BCUT2D eigenvalue weighted by atomic mass is 10.2. The van der Waals surface area contributed by atoms with Crippen molar-refractivity contribution >= 4 is 40.5 Å². The van der Waals surface area contributed by atoms with E-state index in [1.165, 1.54) is 18.6 Å². The monoisotopic (exact) mass is 342 g/mol. The molecule has 120 valence electrons. The van der Waals surface area contributed by atoms with Gasteiger partial charge in [-0.1, -0.05) is 42.8 Å². The maximum Gasteiger partial charge on any atom is 0.286 e. The molecule has 0 bridgehead atoms. The van der Waals surface area contributed by atoms with Crippen LogP contribution >= 0.6 is 23.2 Å². The summed E-state index contributed by atoms with van der Waals surface area (Å²) < 4.78 is 0. The van der Waals surface area contributed by atoms with E-state index in [2.05, 4.69) is 28.8 Å². The Morgan fingerprint density at radius 3 is 2.41 bits per heavy atom. The molecule has 1 saturated heterocycles. The molecule has 0 aromatic rings. The van der Waals surface area contributed by atoms with Crippen molar-refractivity contribution in [2.75, 3.05) is 13.1 Å². The van der Waals surface area contributed by atoms with E-state index in [1.807, 2.05) is 5.01 Å². The minimum Gasteiger partial charge on any atom is -0.283 e. The van der Waals surface area contributed by atoms with E-state index in [0.717, 1.165) is 25.9 Å². The lowest BCUT2D eigenvalue weighted by Gasteiger charge is -2.26. The number of hydrazine groups is 1. The van der Waals surface area contributed by atoms with E-state index in [0.29, 0.717) is 10.7 Å². The number of rotatable bonds is 6. The van der Waals surface area contributed by atoms with Crippen molar-refractivity contribution < 1.29 is 4.79 Å². The lowest BCUT2D eigenvalue weighted by molar-refractivity contribution is -0.119. The number of nitrogens with zero attached hydrogens (tertiary/aromatic N) is 3. The summed E-state index contributed by atoms with van der Waals surface area (Å²) in [4.78, 5) is 12.1. The van der Waals surface area contributed by atoms with Crippen molar-refractivity contribution in [2.24, 2.45) is 10.2 Å². The zero-order chi connectivity index (χ0) is 16.5. The number of carbonyl (C=O) groups excluding carboxylic acids is 1. The van der Waals surface area contributed by atoms with E-state index < -0.39 is 0 Å². The molecule has 1 aliphatic heterocycles. The fourth-order valence-electron chi connectivity index (χ4n) is 1.80. The third-order valence-corrected chi connectivity index (χ3v) is 3.47. The van der Waals surface area contributed by atoms with E-state index in [1.54, 1.807) is 6.92 Å². The van der Waals surface area contributed by atoms with Crippen molar-refractivity contribution in [1.82, 2.24) is 10.4 Å². The number of nitrogens with one attached hydrogen (secondary N) is 1. The Morgan fingerprint density at radius 1 is 1.23 bits per heavy atom. The van der Waals surface area contributed by atoms with Gasteiger partial charge in [-0.05, 0) is 31.9 Å². The highest BCUT2D eigenvalue weighted by Crippen LogP contribution is 2.11. The SMILES string of the molecule is C=C/C(=N/N=C(C)/C(Cl)=C\C(=C)Cl)C(=O)NN1CCCCC1. The first-order chi connectivity index (χ1) is 10.4. The molecule has 1 heterocycles. The van der Waals surface area contributed by atoms with Gasteiger partial charge in [-0.2, -0.15) is 5.10 Å². The van der Waals surface area contributed by atoms with Crippen LogP contribution in [0.1, 0.15) is 26.2 Å². The van der Waals surface area contributed by atoms with Crippen LogP contribution in [0.4, 0.5) is 0 Å². The maximum atomic E-state index is 12.1. The molecule has 0 saturated carbocycles. The molecular formula is C15H20Cl2N4O. The van der Waals surface area contributed by atoms with Crippen LogP contribution in [0.25, 0.3) is 0 Å². The Morgan fingerprint density at radius 2 is 1.86 bits per heavy atom. The normalized spacial score (nSPS) is 18.0. The molecule has 5 nitrogen and oxygen atoms in total. The molecule has 1 N–H and O–H groups in total. The number of halogens is 2. The third kappa shape index (κ3) is 6.56. The Bertz CT molecular complexity index is 532. The van der Waals surface area contributed by atoms with Gasteiger partial charge in [0.05, 0.1) is 10.7 Å². The number of hydrogen-bond acceptors (Lipinski definition) is 4. The van der Waals surface area contributed by atoms with Crippen LogP contribution in [0.3, 0.4) is 0 Å². The number of allylic oxidation sites excluding steroid dienone is 3. The molecule has 7 heteroatoms. The molecule has 0 aromatic heterocycles. The quantitative estimate of drug-likeness (QED) is 0.457. The Hall–Kier alpha value is -1.43. The Kier molecular flexibility index (Phi) is 8.09. The van der Waals surface area contributed by atoms with Crippen LogP contribution in [-0.2, 0) is 4.79 Å². The number of piperidine rings is 1. The van der Waals surface area contributed by atoms with Crippen molar-refractivity contribution in [3.05, 3.63) is 35.4 Å². The Labute approximate surface area is 141 Å². The molecule has 0 aliphatic carbocycles. The van der Waals surface area contributed by atoms with Gasteiger partial charge >= 0.3 is 0 Å². The second-order valence-corrected chi connectivity index (χ2v) is 5.70. The van der Waals surface area contributed by atoms with Gasteiger partial charge in [0.1, 0.15) is 0 Å². The molecule has 0 aromatic carbocycles. The zero-order valence-corrected chi connectivity index (χ0v) is 14.1. The van der Waals surface area contributed by atoms with Gasteiger partial charge in [-0.25, -0.2) is 5.01 Å². The van der Waals surface area contributed by atoms with Gasteiger partial charge in [-0.15, -0.1) is 5.10 Å². The summed E-state index contributed by atoms with van der Waals surface area (Å²) in [5, 5.41) is 10.3. The maximum absolute atomic E-state index is 12.1. The summed E-state index contributed by atoms with van der Waals surface area (Å²) in [6.07, 6.45) is 6.14. The second kappa shape index (κ2) is 9.56. The number of carbonyl (C=O) groups is 1. The van der Waals surface area contributed by atoms with E-state index in [-0.39, 0.29) is 16.7 Å². The second-order valence-electron chi connectivity index (χ2n) is 4.80. The molecule has 1 rings (SSSR count). The van der Waals surface area contributed by atoms with Crippen molar-refractivity contribution in [1.29, 1.82) is 0 Å². The van der Waals surface area contributed by atoms with Gasteiger partial charge in [0.15, 0.2) is 5.71 Å². The van der Waals surface area contributed by atoms with Crippen LogP contribution in [0, 0.1) is 0 Å². The van der Waals surface area contributed by atoms with Crippen molar-refractivity contribution in [2.45, 2.75) is 26.2 Å². The average Bonchev–Trinajstić information content (AvgIpc) is 2.47. The van der Waals surface area contributed by atoms with Gasteiger partial charge < -0.3 is 0 Å². The van der Waals surface area contributed by atoms with E-state index in [4.69, 9.17) is 23.2 Å². The summed E-state index contributed by atoms with van der Waals surface area (Å²) in [5.74, 6) is -0.338. The van der Waals surface area contributed by atoms with Gasteiger partial charge in [0.25, 0.3) is 5.91 Å². The van der Waals surface area contributed by atoms with Crippen LogP contribution in [0.5, 0.6) is 0 Å². The average molecular weight is 343 g/mol. The molecule has 0 unspecified atom stereocenters. The minimum atomic E-state index is -0.338. The molecule has 0 radical (unpaired) electrons. The minimum absolute atomic E-state index is 0.124. The first kappa shape index (κ1) is 18.6. The molecular weight excluding hydrogens is 323 g/mol. The topological polar surface area (TPSA) is 57.1 Å². The first-order valence-corrected chi connectivity index (χ1v) is 7.72. The van der Waals surface area contributed by atoms with Crippen LogP contribution in [0.15, 0.2) is 45.6 Å². The summed E-state index contributed by atoms with van der Waals surface area (Å²) in [6, 6.07) is 0. The van der Waals surface area contributed by atoms with Crippen LogP contribution < -0.4 is 5.43 Å². The molecule has 1 amide bonds. The Balaban J connectivity index is 2.74. The van der Waals surface area contributed by atoms with Crippen molar-refractivity contribution in [3.63, 3.8) is 0 Å². The number of hydrogen-bond donors (Lipinski definition) is 1. The molecule has 22 heavy (non-hydrogen) atoms. The van der Waals surface area contributed by atoms with Crippen LogP contribution in [-0.4, -0.2) is 35.4 Å².